The highest BCUT2D eigenvalue weighted by molar-refractivity contribution is 7.85. The SMILES string of the molecule is CCCCCCCC(CC)c1ccc(S(=O)(=O)O)cc1. The van der Waals surface area contributed by atoms with Crippen molar-refractivity contribution in [3.05, 3.63) is 29.8 Å². The molecule has 0 heterocycles. The van der Waals surface area contributed by atoms with Crippen LogP contribution in [0.25, 0.3) is 0 Å². The Morgan fingerprint density at radius 1 is 1.00 bits per heavy atom. The molecule has 0 aromatic heterocycles. The fourth-order valence-corrected chi connectivity index (χ4v) is 2.99. The molecule has 1 aromatic rings. The first kappa shape index (κ1) is 17.2. The van der Waals surface area contributed by atoms with Crippen molar-refractivity contribution in [2.24, 2.45) is 0 Å². The van der Waals surface area contributed by atoms with Gasteiger partial charge in [0, 0.05) is 0 Å². The highest BCUT2D eigenvalue weighted by atomic mass is 32.2. The Kier molecular flexibility index (Phi) is 7.24. The first-order valence-electron chi connectivity index (χ1n) is 7.56. The van der Waals surface area contributed by atoms with Crippen LogP contribution in [-0.2, 0) is 10.1 Å². The number of hydrogen-bond acceptors (Lipinski definition) is 2. The van der Waals surface area contributed by atoms with Crippen molar-refractivity contribution in [1.82, 2.24) is 0 Å². The zero-order valence-corrected chi connectivity index (χ0v) is 13.3. The largest absolute Gasteiger partial charge is 0.294 e. The summed E-state index contributed by atoms with van der Waals surface area (Å²) in [5, 5.41) is 0. The van der Waals surface area contributed by atoms with Crippen LogP contribution in [0.15, 0.2) is 29.2 Å². The van der Waals surface area contributed by atoms with Gasteiger partial charge >= 0.3 is 0 Å². The quantitative estimate of drug-likeness (QED) is 0.527. The first-order valence-corrected chi connectivity index (χ1v) is 9.00. The number of unbranched alkanes of at least 4 members (excludes halogenated alkanes) is 4. The standard InChI is InChI=1S/C16H26O3S/c1-3-5-6-7-8-9-14(4-2)15-10-12-16(13-11-15)20(17,18)19/h10-14H,3-9H2,1-2H3,(H,17,18,19). The second-order valence-electron chi connectivity index (χ2n) is 5.35. The molecule has 3 nitrogen and oxygen atoms in total. The van der Waals surface area contributed by atoms with Gasteiger partial charge in [-0.3, -0.25) is 4.55 Å². The molecule has 0 aliphatic carbocycles. The van der Waals surface area contributed by atoms with Crippen LogP contribution in [-0.4, -0.2) is 13.0 Å². The molecular formula is C16H26O3S. The van der Waals surface area contributed by atoms with E-state index in [-0.39, 0.29) is 4.90 Å². The van der Waals surface area contributed by atoms with E-state index in [1.54, 1.807) is 0 Å². The summed E-state index contributed by atoms with van der Waals surface area (Å²) in [6, 6.07) is 6.63. The smallest absolute Gasteiger partial charge is 0.282 e. The Labute approximate surface area is 123 Å². The predicted molar refractivity (Wildman–Crippen MR) is 82.7 cm³/mol. The Balaban J connectivity index is 2.57. The minimum Gasteiger partial charge on any atom is -0.282 e. The summed E-state index contributed by atoms with van der Waals surface area (Å²) in [7, 11) is -4.08. The lowest BCUT2D eigenvalue weighted by Gasteiger charge is -2.15. The summed E-state index contributed by atoms with van der Waals surface area (Å²) in [6.07, 6.45) is 8.55. The molecule has 0 fully saturated rings. The van der Waals surface area contributed by atoms with Crippen LogP contribution >= 0.6 is 0 Å². The molecule has 0 aliphatic rings. The molecule has 1 atom stereocenters. The highest BCUT2D eigenvalue weighted by Gasteiger charge is 2.12. The fraction of sp³-hybridized carbons (Fsp3) is 0.625. The lowest BCUT2D eigenvalue weighted by molar-refractivity contribution is 0.483. The Morgan fingerprint density at radius 3 is 2.10 bits per heavy atom. The third-order valence-electron chi connectivity index (χ3n) is 3.80. The van der Waals surface area contributed by atoms with Crippen LogP contribution in [0.1, 0.15) is 70.3 Å². The van der Waals surface area contributed by atoms with Crippen molar-refractivity contribution in [2.45, 2.75) is 69.6 Å². The van der Waals surface area contributed by atoms with E-state index in [4.69, 9.17) is 4.55 Å². The molecule has 1 N–H and O–H groups in total. The van der Waals surface area contributed by atoms with E-state index in [9.17, 15) is 8.42 Å². The van der Waals surface area contributed by atoms with Gasteiger partial charge < -0.3 is 0 Å². The minimum absolute atomic E-state index is 0.0287. The Bertz CT molecular complexity index is 477. The van der Waals surface area contributed by atoms with Crippen molar-refractivity contribution in [3.63, 3.8) is 0 Å². The van der Waals surface area contributed by atoms with Crippen molar-refractivity contribution < 1.29 is 13.0 Å². The molecule has 0 amide bonds. The van der Waals surface area contributed by atoms with Crippen LogP contribution in [0.3, 0.4) is 0 Å². The average molecular weight is 298 g/mol. The van der Waals surface area contributed by atoms with E-state index in [2.05, 4.69) is 13.8 Å². The maximum Gasteiger partial charge on any atom is 0.294 e. The van der Waals surface area contributed by atoms with Gasteiger partial charge in [0.05, 0.1) is 4.90 Å². The second-order valence-corrected chi connectivity index (χ2v) is 6.77. The maximum atomic E-state index is 11.0. The average Bonchev–Trinajstić information content (AvgIpc) is 2.42. The van der Waals surface area contributed by atoms with Crippen LogP contribution in [0.4, 0.5) is 0 Å². The van der Waals surface area contributed by atoms with Gasteiger partial charge in [0.25, 0.3) is 10.1 Å². The molecule has 0 saturated carbocycles. The molecule has 4 heteroatoms. The van der Waals surface area contributed by atoms with Crippen LogP contribution in [0.2, 0.25) is 0 Å². The summed E-state index contributed by atoms with van der Waals surface area (Å²) in [5.74, 6) is 0.479. The van der Waals surface area contributed by atoms with Crippen molar-refractivity contribution >= 4 is 10.1 Å². The topological polar surface area (TPSA) is 54.4 Å². The summed E-state index contributed by atoms with van der Waals surface area (Å²) >= 11 is 0. The number of rotatable bonds is 9. The van der Waals surface area contributed by atoms with E-state index in [1.165, 1.54) is 44.2 Å². The summed E-state index contributed by atoms with van der Waals surface area (Å²) < 4.78 is 31.0. The second kappa shape index (κ2) is 8.42. The third-order valence-corrected chi connectivity index (χ3v) is 4.67. The van der Waals surface area contributed by atoms with Crippen molar-refractivity contribution in [2.75, 3.05) is 0 Å². The van der Waals surface area contributed by atoms with E-state index < -0.39 is 10.1 Å². The summed E-state index contributed by atoms with van der Waals surface area (Å²) in [6.45, 7) is 4.37. The van der Waals surface area contributed by atoms with Crippen LogP contribution in [0, 0.1) is 0 Å². The molecule has 1 aromatic carbocycles. The normalized spacial score (nSPS) is 13.3. The van der Waals surface area contributed by atoms with Gasteiger partial charge in [0.2, 0.25) is 0 Å². The Morgan fingerprint density at radius 2 is 1.60 bits per heavy atom. The molecular weight excluding hydrogens is 272 g/mol. The van der Waals surface area contributed by atoms with Crippen LogP contribution in [0.5, 0.6) is 0 Å². The van der Waals surface area contributed by atoms with Crippen LogP contribution < -0.4 is 0 Å². The molecule has 1 rings (SSSR count). The molecule has 0 radical (unpaired) electrons. The van der Waals surface area contributed by atoms with Gasteiger partial charge in [-0.1, -0.05) is 58.1 Å². The van der Waals surface area contributed by atoms with Gasteiger partial charge in [0.15, 0.2) is 0 Å². The van der Waals surface area contributed by atoms with E-state index in [0.29, 0.717) is 5.92 Å². The molecule has 1 unspecified atom stereocenters. The summed E-state index contributed by atoms with van der Waals surface area (Å²) in [4.78, 5) is -0.0287. The Hall–Kier alpha value is -0.870. The third kappa shape index (κ3) is 5.63. The van der Waals surface area contributed by atoms with Gasteiger partial charge in [-0.05, 0) is 36.5 Å². The molecule has 0 saturated heterocycles. The molecule has 0 bridgehead atoms. The predicted octanol–water partition coefficient (Wildman–Crippen LogP) is 4.79. The zero-order chi connectivity index (χ0) is 15.0. The van der Waals surface area contributed by atoms with E-state index >= 15 is 0 Å². The van der Waals surface area contributed by atoms with E-state index in [1.807, 2.05) is 12.1 Å². The van der Waals surface area contributed by atoms with Gasteiger partial charge in [0.1, 0.15) is 0 Å². The van der Waals surface area contributed by atoms with Gasteiger partial charge in [-0.2, -0.15) is 8.42 Å². The maximum absolute atomic E-state index is 11.0. The first-order chi connectivity index (χ1) is 9.49. The monoisotopic (exact) mass is 298 g/mol. The lowest BCUT2D eigenvalue weighted by Crippen LogP contribution is -2.01. The molecule has 114 valence electrons. The number of benzene rings is 1. The molecule has 20 heavy (non-hydrogen) atoms. The highest BCUT2D eigenvalue weighted by Crippen LogP contribution is 2.26. The molecule has 0 aliphatic heterocycles. The zero-order valence-electron chi connectivity index (χ0n) is 12.5. The van der Waals surface area contributed by atoms with Crippen molar-refractivity contribution in [3.8, 4) is 0 Å². The summed E-state index contributed by atoms with van der Waals surface area (Å²) in [5.41, 5.74) is 1.16. The van der Waals surface area contributed by atoms with E-state index in [0.717, 1.165) is 18.4 Å². The number of hydrogen-bond donors (Lipinski definition) is 1. The minimum atomic E-state index is -4.08. The lowest BCUT2D eigenvalue weighted by atomic mass is 9.91. The fourth-order valence-electron chi connectivity index (χ4n) is 2.51. The van der Waals surface area contributed by atoms with Gasteiger partial charge in [-0.15, -0.1) is 0 Å². The van der Waals surface area contributed by atoms with Crippen molar-refractivity contribution in [1.29, 1.82) is 0 Å². The van der Waals surface area contributed by atoms with Gasteiger partial charge in [-0.25, -0.2) is 0 Å². The molecule has 0 spiro atoms.